The number of carbonyl (C=O) groups excluding carboxylic acids is 3. The second-order valence-corrected chi connectivity index (χ2v) is 10.6. The Morgan fingerprint density at radius 3 is 2.58 bits per heavy atom. The Morgan fingerprint density at radius 2 is 1.93 bits per heavy atom. The molecule has 2 saturated heterocycles. The Hall–Kier alpha value is -4.26. The van der Waals surface area contributed by atoms with Crippen LogP contribution < -0.4 is 20.3 Å². The number of fused-ring (bicyclic) bond motifs is 2. The van der Waals surface area contributed by atoms with Gasteiger partial charge in [-0.25, -0.2) is 18.6 Å². The predicted octanol–water partition coefficient (Wildman–Crippen LogP) is 2.34. The van der Waals surface area contributed by atoms with Crippen LogP contribution in [0.2, 0.25) is 0 Å². The molecule has 210 valence electrons. The minimum absolute atomic E-state index is 0.0646. The molecule has 13 heteroatoms. The van der Waals surface area contributed by atoms with Crippen molar-refractivity contribution in [1.29, 1.82) is 0 Å². The number of halogens is 2. The molecule has 2 N–H and O–H groups in total. The van der Waals surface area contributed by atoms with Crippen molar-refractivity contribution >= 4 is 34.8 Å². The molecule has 4 amide bonds. The number of ether oxygens (including phenoxy) is 1. The molecule has 5 heterocycles. The molecule has 3 aliphatic heterocycles. The lowest BCUT2D eigenvalue weighted by Crippen LogP contribution is -2.52. The van der Waals surface area contributed by atoms with Crippen LogP contribution in [0.4, 0.5) is 19.4 Å². The van der Waals surface area contributed by atoms with Gasteiger partial charge in [0.15, 0.2) is 28.5 Å². The molecule has 0 unspecified atom stereocenters. The number of benzene rings is 1. The first-order chi connectivity index (χ1) is 19.1. The highest BCUT2D eigenvalue weighted by molar-refractivity contribution is 6.08. The third-order valence-electron chi connectivity index (χ3n) is 7.99. The summed E-state index contributed by atoms with van der Waals surface area (Å²) in [5.74, 6) is -3.40. The van der Waals surface area contributed by atoms with Crippen molar-refractivity contribution in [3.8, 4) is 5.75 Å². The average molecular weight is 555 g/mol. The maximum Gasteiger partial charge on any atom is 0.322 e. The number of pyridine rings is 1. The second-order valence-electron chi connectivity index (χ2n) is 10.6. The van der Waals surface area contributed by atoms with Gasteiger partial charge in [0.1, 0.15) is 17.1 Å². The molecule has 2 aromatic heterocycles. The number of methoxy groups -OCH3 is 1. The van der Waals surface area contributed by atoms with E-state index in [1.165, 1.54) is 4.90 Å². The minimum atomic E-state index is -1.81. The van der Waals surface area contributed by atoms with Crippen LogP contribution in [0.5, 0.6) is 5.75 Å². The number of imide groups is 1. The molecule has 40 heavy (non-hydrogen) atoms. The summed E-state index contributed by atoms with van der Waals surface area (Å²) in [4.78, 5) is 49.0. The summed E-state index contributed by atoms with van der Waals surface area (Å²) in [5, 5.41) is 4.79. The highest BCUT2D eigenvalue weighted by Crippen LogP contribution is 2.37. The van der Waals surface area contributed by atoms with Gasteiger partial charge in [0.25, 0.3) is 11.8 Å². The highest BCUT2D eigenvalue weighted by Gasteiger charge is 2.53. The van der Waals surface area contributed by atoms with Crippen LogP contribution in [-0.4, -0.2) is 79.5 Å². The van der Waals surface area contributed by atoms with Crippen LogP contribution >= 0.6 is 0 Å². The lowest BCUT2D eigenvalue weighted by Gasteiger charge is -2.35. The number of aromatic nitrogens is 1. The Kier molecular flexibility index (Phi) is 6.13. The summed E-state index contributed by atoms with van der Waals surface area (Å²) < 4.78 is 40.0. The van der Waals surface area contributed by atoms with Crippen LogP contribution in [0.3, 0.4) is 0 Å². The van der Waals surface area contributed by atoms with Gasteiger partial charge in [0, 0.05) is 31.7 Å². The minimum Gasteiger partial charge on any atom is -0.491 e. The van der Waals surface area contributed by atoms with Crippen LogP contribution in [0.25, 0.3) is 11.1 Å². The summed E-state index contributed by atoms with van der Waals surface area (Å²) in [6.45, 7) is 1.12. The van der Waals surface area contributed by atoms with E-state index in [4.69, 9.17) is 14.1 Å². The Balaban J connectivity index is 1.32. The van der Waals surface area contributed by atoms with Crippen molar-refractivity contribution in [2.45, 2.75) is 31.0 Å². The molecule has 0 bridgehead atoms. The Labute approximate surface area is 228 Å². The zero-order chi connectivity index (χ0) is 28.3. The van der Waals surface area contributed by atoms with Crippen molar-refractivity contribution < 1.29 is 32.3 Å². The maximum absolute atomic E-state index is 14.9. The van der Waals surface area contributed by atoms with Gasteiger partial charge in [0.2, 0.25) is 0 Å². The molecule has 0 radical (unpaired) electrons. The van der Waals surface area contributed by atoms with Gasteiger partial charge < -0.3 is 29.2 Å². The number of nitrogens with zero attached hydrogens (tertiary/aromatic N) is 4. The molecule has 1 atom stereocenters. The normalized spacial score (nSPS) is 21.4. The van der Waals surface area contributed by atoms with Gasteiger partial charge in [-0.1, -0.05) is 0 Å². The van der Waals surface area contributed by atoms with Crippen molar-refractivity contribution in [3.05, 3.63) is 52.8 Å². The number of urea groups is 1. The molecule has 0 aliphatic carbocycles. The van der Waals surface area contributed by atoms with E-state index in [0.29, 0.717) is 17.1 Å². The van der Waals surface area contributed by atoms with E-state index in [-0.39, 0.29) is 30.0 Å². The lowest BCUT2D eigenvalue weighted by atomic mass is 9.95. The van der Waals surface area contributed by atoms with E-state index in [9.17, 15) is 23.2 Å². The number of furan rings is 1. The third kappa shape index (κ3) is 4.03. The molecule has 0 spiro atoms. The van der Waals surface area contributed by atoms with Crippen LogP contribution in [0, 0.1) is 11.6 Å². The number of rotatable bonds is 6. The molecule has 6 rings (SSSR count). The van der Waals surface area contributed by atoms with Crippen molar-refractivity contribution in [1.82, 2.24) is 25.4 Å². The smallest absolute Gasteiger partial charge is 0.322 e. The molecular formula is C27H28F2N6O5. The van der Waals surface area contributed by atoms with Gasteiger partial charge in [0.05, 0.1) is 19.2 Å². The van der Waals surface area contributed by atoms with Crippen molar-refractivity contribution in [2.75, 3.05) is 45.7 Å². The van der Waals surface area contributed by atoms with Gasteiger partial charge in [-0.15, -0.1) is 0 Å². The summed E-state index contributed by atoms with van der Waals surface area (Å²) in [6.07, 6.45) is 2.00. The van der Waals surface area contributed by atoms with Crippen LogP contribution in [0.15, 0.2) is 28.7 Å². The molecule has 1 aromatic carbocycles. The van der Waals surface area contributed by atoms with Crippen molar-refractivity contribution in [3.63, 3.8) is 0 Å². The molecule has 3 aliphatic rings. The lowest BCUT2D eigenvalue weighted by molar-refractivity contribution is -0.125. The Bertz CT molecular complexity index is 1550. The van der Waals surface area contributed by atoms with Crippen molar-refractivity contribution in [2.24, 2.45) is 0 Å². The van der Waals surface area contributed by atoms with Gasteiger partial charge in [-0.3, -0.25) is 14.9 Å². The van der Waals surface area contributed by atoms with Gasteiger partial charge in [-0.05, 0) is 50.7 Å². The number of hydrogen-bond donors (Lipinski definition) is 2. The molecule has 2 fully saturated rings. The highest BCUT2D eigenvalue weighted by atomic mass is 19.1. The summed E-state index contributed by atoms with van der Waals surface area (Å²) >= 11 is 0. The second kappa shape index (κ2) is 9.44. The molecular weight excluding hydrogens is 526 g/mol. The molecule has 3 aromatic rings. The number of nitrogens with one attached hydrogen (secondary N) is 2. The van der Waals surface area contributed by atoms with E-state index in [1.54, 1.807) is 12.1 Å². The summed E-state index contributed by atoms with van der Waals surface area (Å²) in [7, 11) is 5.25. The number of carbonyl (C=O) groups is 3. The first-order valence-electron chi connectivity index (χ1n) is 12.9. The molecule has 11 nitrogen and oxygen atoms in total. The quantitative estimate of drug-likeness (QED) is 0.446. The monoisotopic (exact) mass is 554 g/mol. The third-order valence-corrected chi connectivity index (χ3v) is 7.99. The number of hydrogen-bond acceptors (Lipinski definition) is 8. The Morgan fingerprint density at radius 1 is 1.18 bits per heavy atom. The van der Waals surface area contributed by atoms with E-state index in [2.05, 4.69) is 34.5 Å². The zero-order valence-corrected chi connectivity index (χ0v) is 22.2. The van der Waals surface area contributed by atoms with Crippen LogP contribution in [-0.2, 0) is 16.9 Å². The van der Waals surface area contributed by atoms with E-state index < -0.39 is 40.8 Å². The zero-order valence-electron chi connectivity index (χ0n) is 22.2. The van der Waals surface area contributed by atoms with Gasteiger partial charge in [-0.2, -0.15) is 0 Å². The SMILES string of the molecule is COc1c(F)cc2c(c1F)C(=O)N(C[C@@]1(c3cc4nc(N5CCC(N(C)C)CC5)ccc4o3)NC(=O)NC1=O)C2. The molecule has 0 saturated carbocycles. The predicted molar refractivity (Wildman–Crippen MR) is 139 cm³/mol. The van der Waals surface area contributed by atoms with E-state index >= 15 is 0 Å². The fourth-order valence-electron chi connectivity index (χ4n) is 5.81. The number of piperidine rings is 1. The number of amides is 4. The maximum atomic E-state index is 14.9. The first-order valence-corrected chi connectivity index (χ1v) is 12.9. The number of anilines is 1. The fourth-order valence-corrected chi connectivity index (χ4v) is 5.81. The topological polar surface area (TPSA) is 120 Å². The van der Waals surface area contributed by atoms with E-state index in [0.717, 1.165) is 44.9 Å². The first kappa shape index (κ1) is 26.0. The van der Waals surface area contributed by atoms with Crippen LogP contribution in [0.1, 0.15) is 34.5 Å². The average Bonchev–Trinajstić information content (AvgIpc) is 3.57. The van der Waals surface area contributed by atoms with Gasteiger partial charge >= 0.3 is 6.03 Å². The van der Waals surface area contributed by atoms with E-state index in [1.807, 2.05) is 6.07 Å². The summed E-state index contributed by atoms with van der Waals surface area (Å²) in [6, 6.07) is 5.93. The largest absolute Gasteiger partial charge is 0.491 e. The fraction of sp³-hybridized carbons (Fsp3) is 0.407. The standard InChI is InChI=1S/C27H28F2N6O5/c1-33(2)15-6-8-34(9-7-15)20-5-4-18-17(30-20)11-19(40-18)27(25(37)31-26(38)32-27)13-35-12-14-10-16(28)23(39-3)22(29)21(14)24(35)36/h4-5,10-11,15H,6-9,12-13H2,1-3H3,(H2,31,32,37,38)/t27-/m0/s1. The summed E-state index contributed by atoms with van der Waals surface area (Å²) in [5.41, 5.74) is -1.17.